The Labute approximate surface area is 74.2 Å². The summed E-state index contributed by atoms with van der Waals surface area (Å²) in [4.78, 5) is 11.3. The van der Waals surface area contributed by atoms with Gasteiger partial charge in [-0.25, -0.2) is 0 Å². The van der Waals surface area contributed by atoms with Crippen molar-refractivity contribution in [3.8, 4) is 0 Å². The lowest BCUT2D eigenvalue weighted by Crippen LogP contribution is -2.57. The van der Waals surface area contributed by atoms with E-state index in [2.05, 4.69) is 12.2 Å². The number of Topliss-reactive ketones (excluding diaryl/α,β-unsaturated/α-hetero) is 1. The van der Waals surface area contributed by atoms with Gasteiger partial charge < -0.3 is 5.32 Å². The highest BCUT2D eigenvalue weighted by Crippen LogP contribution is 2.28. The molecule has 1 heterocycles. The molecule has 0 spiro atoms. The molecule has 0 unspecified atom stereocenters. The maximum absolute atomic E-state index is 11.3. The predicted molar refractivity (Wildman–Crippen MR) is 48.1 cm³/mol. The van der Waals surface area contributed by atoms with Gasteiger partial charge in [0.2, 0.25) is 0 Å². The lowest BCUT2D eigenvalue weighted by atomic mass is 9.74. The van der Waals surface area contributed by atoms with Crippen molar-refractivity contribution in [1.29, 1.82) is 0 Å². The summed E-state index contributed by atoms with van der Waals surface area (Å²) in [5.74, 6) is 0.425. The Hall–Kier alpha value is -0.0800. The molecule has 11 heavy (non-hydrogen) atoms. The third kappa shape index (κ3) is 1.74. The summed E-state index contributed by atoms with van der Waals surface area (Å²) in [6, 6.07) is 0. The van der Waals surface area contributed by atoms with Crippen molar-refractivity contribution in [2.24, 2.45) is 5.41 Å². The number of nitrogens with one attached hydrogen (secondary N) is 1. The van der Waals surface area contributed by atoms with Crippen LogP contribution in [0, 0.1) is 5.41 Å². The molecule has 0 bridgehead atoms. The van der Waals surface area contributed by atoms with Crippen molar-refractivity contribution < 1.29 is 4.79 Å². The first-order chi connectivity index (χ1) is 4.75. The Morgan fingerprint density at radius 1 is 1.45 bits per heavy atom. The molecule has 2 nitrogen and oxygen atoms in total. The first kappa shape index (κ1) is 10.9. The van der Waals surface area contributed by atoms with Gasteiger partial charge in [0.15, 0.2) is 0 Å². The zero-order chi connectivity index (χ0) is 7.61. The molecule has 3 heteroatoms. The highest BCUT2D eigenvalue weighted by Gasteiger charge is 2.40. The molecule has 0 saturated carbocycles. The maximum Gasteiger partial charge on any atom is 0.141 e. The van der Waals surface area contributed by atoms with Crippen molar-refractivity contribution in [2.75, 3.05) is 13.1 Å². The van der Waals surface area contributed by atoms with Gasteiger partial charge in [0.05, 0.1) is 5.41 Å². The fraction of sp³-hybridized carbons (Fsp3) is 0.875. The molecule has 0 radical (unpaired) electrons. The molecule has 0 aromatic rings. The Balaban J connectivity index is 0.000001000. The van der Waals surface area contributed by atoms with Crippen molar-refractivity contribution in [3.05, 3.63) is 0 Å². The molecule has 1 aliphatic rings. The second kappa shape index (κ2) is 4.07. The van der Waals surface area contributed by atoms with Crippen molar-refractivity contribution >= 4 is 18.2 Å². The first-order valence-corrected chi connectivity index (χ1v) is 3.99. The summed E-state index contributed by atoms with van der Waals surface area (Å²) in [7, 11) is 0. The number of hydrogen-bond acceptors (Lipinski definition) is 2. The first-order valence-electron chi connectivity index (χ1n) is 3.99. The molecule has 1 N–H and O–H groups in total. The van der Waals surface area contributed by atoms with Crippen LogP contribution < -0.4 is 5.32 Å². The van der Waals surface area contributed by atoms with Crippen molar-refractivity contribution in [2.45, 2.75) is 26.7 Å². The van der Waals surface area contributed by atoms with Crippen LogP contribution in [0.15, 0.2) is 0 Å². The van der Waals surface area contributed by atoms with E-state index < -0.39 is 0 Å². The van der Waals surface area contributed by atoms with Crippen LogP contribution in [0.4, 0.5) is 0 Å². The monoisotopic (exact) mass is 177 g/mol. The third-order valence-electron chi connectivity index (χ3n) is 2.52. The molecular formula is C8H16ClNO. The topological polar surface area (TPSA) is 29.1 Å². The minimum Gasteiger partial charge on any atom is -0.315 e. The van der Waals surface area contributed by atoms with Gasteiger partial charge in [0.1, 0.15) is 5.78 Å². The van der Waals surface area contributed by atoms with Gasteiger partial charge in [0.25, 0.3) is 0 Å². The van der Waals surface area contributed by atoms with Crippen LogP contribution in [0.2, 0.25) is 0 Å². The quantitative estimate of drug-likeness (QED) is 0.706. The molecule has 66 valence electrons. The van der Waals surface area contributed by atoms with Gasteiger partial charge in [-0.15, -0.1) is 12.4 Å². The Morgan fingerprint density at radius 3 is 2.09 bits per heavy atom. The molecule has 0 atom stereocenters. The average Bonchev–Trinajstić information content (AvgIpc) is 1.86. The summed E-state index contributed by atoms with van der Waals surface area (Å²) in [5.41, 5.74) is 0.0226. The van der Waals surface area contributed by atoms with E-state index in [1.165, 1.54) is 0 Å². The Morgan fingerprint density at radius 2 is 2.00 bits per heavy atom. The second-order valence-electron chi connectivity index (χ2n) is 3.01. The van der Waals surface area contributed by atoms with Gasteiger partial charge in [-0.05, 0) is 6.42 Å². The Bertz CT molecular complexity index is 138. The van der Waals surface area contributed by atoms with Crippen molar-refractivity contribution in [1.82, 2.24) is 5.32 Å². The molecule has 1 rings (SSSR count). The summed E-state index contributed by atoms with van der Waals surface area (Å²) in [6.07, 6.45) is 1.68. The lowest BCUT2D eigenvalue weighted by Gasteiger charge is -2.40. The normalized spacial score (nSPS) is 19.8. The number of carbonyl (C=O) groups excluding carboxylic acids is 1. The zero-order valence-corrected chi connectivity index (χ0v) is 7.96. The van der Waals surface area contributed by atoms with E-state index in [0.717, 1.165) is 19.5 Å². The molecule has 0 aliphatic carbocycles. The summed E-state index contributed by atoms with van der Waals surface area (Å²) >= 11 is 0. The molecule has 0 aromatic heterocycles. The van der Waals surface area contributed by atoms with Crippen LogP contribution in [0.3, 0.4) is 0 Å². The van der Waals surface area contributed by atoms with Gasteiger partial charge in [-0.2, -0.15) is 0 Å². The number of ketones is 1. The standard InChI is InChI=1S/C8H15NO.ClH/c1-3-7(10)8(4-2)5-9-6-8;/h9H,3-6H2,1-2H3;1H. The zero-order valence-electron chi connectivity index (χ0n) is 7.14. The minimum atomic E-state index is 0. The van der Waals surface area contributed by atoms with Gasteiger partial charge in [-0.3, -0.25) is 4.79 Å². The van der Waals surface area contributed by atoms with Crippen LogP contribution in [-0.2, 0) is 4.79 Å². The van der Waals surface area contributed by atoms with E-state index in [4.69, 9.17) is 0 Å². The minimum absolute atomic E-state index is 0. The molecule has 1 saturated heterocycles. The summed E-state index contributed by atoms with van der Waals surface area (Å²) < 4.78 is 0. The Kier molecular flexibility index (Phi) is 4.04. The maximum atomic E-state index is 11.3. The number of rotatable bonds is 3. The summed E-state index contributed by atoms with van der Waals surface area (Å²) in [6.45, 7) is 5.83. The van der Waals surface area contributed by atoms with Crippen LogP contribution in [0.25, 0.3) is 0 Å². The fourth-order valence-corrected chi connectivity index (χ4v) is 1.45. The summed E-state index contributed by atoms with van der Waals surface area (Å²) in [5, 5.41) is 3.15. The van der Waals surface area contributed by atoms with Crippen LogP contribution >= 0.6 is 12.4 Å². The third-order valence-corrected chi connectivity index (χ3v) is 2.52. The van der Waals surface area contributed by atoms with E-state index in [0.29, 0.717) is 12.2 Å². The smallest absolute Gasteiger partial charge is 0.141 e. The van der Waals surface area contributed by atoms with Crippen LogP contribution in [-0.4, -0.2) is 18.9 Å². The number of carbonyl (C=O) groups is 1. The molecule has 0 amide bonds. The van der Waals surface area contributed by atoms with Gasteiger partial charge >= 0.3 is 0 Å². The van der Waals surface area contributed by atoms with Crippen molar-refractivity contribution in [3.63, 3.8) is 0 Å². The van der Waals surface area contributed by atoms with E-state index in [9.17, 15) is 4.79 Å². The molecular weight excluding hydrogens is 162 g/mol. The predicted octanol–water partition coefficient (Wildman–Crippen LogP) is 1.39. The SMILES string of the molecule is CCC(=O)C1(CC)CNC1.Cl. The highest BCUT2D eigenvalue weighted by atomic mass is 35.5. The number of halogens is 1. The average molecular weight is 178 g/mol. The molecule has 0 aromatic carbocycles. The highest BCUT2D eigenvalue weighted by molar-refractivity contribution is 5.86. The largest absolute Gasteiger partial charge is 0.315 e. The molecule has 1 fully saturated rings. The van der Waals surface area contributed by atoms with Crippen LogP contribution in [0.5, 0.6) is 0 Å². The van der Waals surface area contributed by atoms with Crippen LogP contribution in [0.1, 0.15) is 26.7 Å². The number of hydrogen-bond donors (Lipinski definition) is 1. The van der Waals surface area contributed by atoms with E-state index in [1.807, 2.05) is 6.92 Å². The second-order valence-corrected chi connectivity index (χ2v) is 3.01. The van der Waals surface area contributed by atoms with E-state index >= 15 is 0 Å². The lowest BCUT2D eigenvalue weighted by molar-refractivity contribution is -0.131. The molecule has 1 aliphatic heterocycles. The van der Waals surface area contributed by atoms with E-state index in [-0.39, 0.29) is 17.8 Å². The van der Waals surface area contributed by atoms with Gasteiger partial charge in [-0.1, -0.05) is 13.8 Å². The fourth-order valence-electron chi connectivity index (χ4n) is 1.45. The van der Waals surface area contributed by atoms with Gasteiger partial charge in [0, 0.05) is 19.5 Å². The van der Waals surface area contributed by atoms with E-state index in [1.54, 1.807) is 0 Å².